The summed E-state index contributed by atoms with van der Waals surface area (Å²) < 4.78 is 5.29. The summed E-state index contributed by atoms with van der Waals surface area (Å²) in [5.41, 5.74) is 1.65. The van der Waals surface area contributed by atoms with Gasteiger partial charge in [-0.2, -0.15) is 5.26 Å². The molecule has 0 saturated heterocycles. The molecule has 1 rings (SSSR count). The molecule has 0 amide bonds. The summed E-state index contributed by atoms with van der Waals surface area (Å²) in [4.78, 5) is 1.99. The normalized spacial score (nSPS) is 13.6. The minimum absolute atomic E-state index is 0.0830. The number of hydrogen-bond acceptors (Lipinski definition) is 4. The van der Waals surface area contributed by atoms with Gasteiger partial charge in [-0.25, -0.2) is 0 Å². The lowest BCUT2D eigenvalue weighted by atomic mass is 10.0. The maximum atomic E-state index is 9.91. The number of rotatable bonds is 5. The monoisotopic (exact) mass is 248 g/mol. The van der Waals surface area contributed by atoms with Gasteiger partial charge in [0.25, 0.3) is 0 Å². The lowest BCUT2D eigenvalue weighted by Gasteiger charge is -2.29. The van der Waals surface area contributed by atoms with Crippen molar-refractivity contribution in [2.24, 2.45) is 0 Å². The van der Waals surface area contributed by atoms with Crippen LogP contribution in [0.4, 0.5) is 5.69 Å². The number of aliphatic hydroxyl groups excluding tert-OH is 1. The average molecular weight is 248 g/mol. The molecule has 0 heterocycles. The molecule has 0 radical (unpaired) electrons. The zero-order valence-electron chi connectivity index (χ0n) is 11.3. The quantitative estimate of drug-likeness (QED) is 0.869. The highest BCUT2D eigenvalue weighted by Gasteiger charge is 2.19. The van der Waals surface area contributed by atoms with Crippen molar-refractivity contribution >= 4 is 5.69 Å². The summed E-state index contributed by atoms with van der Waals surface area (Å²) in [7, 11) is 3.51. The van der Waals surface area contributed by atoms with E-state index in [4.69, 9.17) is 10.00 Å². The Morgan fingerprint density at radius 3 is 2.61 bits per heavy atom. The molecule has 0 spiro atoms. The first kappa shape index (κ1) is 14.3. The van der Waals surface area contributed by atoms with E-state index < -0.39 is 6.10 Å². The standard InChI is InChI=1S/C14H20N2O2/c1-10(8-9-15)16(3)12-6-5-7-13(18-4)14(12)11(2)17/h5-7,10-11,17H,8H2,1-4H3. The SMILES string of the molecule is COc1cccc(N(C)C(C)CC#N)c1C(C)O. The predicted molar refractivity (Wildman–Crippen MR) is 71.7 cm³/mol. The summed E-state index contributed by atoms with van der Waals surface area (Å²) in [5.74, 6) is 0.665. The van der Waals surface area contributed by atoms with Crippen LogP contribution in [0.15, 0.2) is 18.2 Å². The van der Waals surface area contributed by atoms with Gasteiger partial charge in [0.2, 0.25) is 0 Å². The zero-order valence-corrected chi connectivity index (χ0v) is 11.3. The van der Waals surface area contributed by atoms with Crippen LogP contribution in [0.3, 0.4) is 0 Å². The molecule has 2 unspecified atom stereocenters. The molecule has 0 aromatic heterocycles. The van der Waals surface area contributed by atoms with Gasteiger partial charge in [0.1, 0.15) is 5.75 Å². The second-order valence-electron chi connectivity index (χ2n) is 4.39. The van der Waals surface area contributed by atoms with Gasteiger partial charge in [-0.15, -0.1) is 0 Å². The van der Waals surface area contributed by atoms with Crippen molar-refractivity contribution in [3.8, 4) is 11.8 Å². The summed E-state index contributed by atoms with van der Waals surface area (Å²) >= 11 is 0. The zero-order chi connectivity index (χ0) is 13.7. The number of hydrogen-bond donors (Lipinski definition) is 1. The third kappa shape index (κ3) is 2.93. The fourth-order valence-electron chi connectivity index (χ4n) is 1.94. The lowest BCUT2D eigenvalue weighted by molar-refractivity contribution is 0.194. The van der Waals surface area contributed by atoms with Gasteiger partial charge in [0.05, 0.1) is 25.7 Å². The lowest BCUT2D eigenvalue weighted by Crippen LogP contribution is -2.29. The van der Waals surface area contributed by atoms with Crippen molar-refractivity contribution in [2.75, 3.05) is 19.1 Å². The highest BCUT2D eigenvalue weighted by molar-refractivity contribution is 5.60. The van der Waals surface area contributed by atoms with Gasteiger partial charge in [0.15, 0.2) is 0 Å². The maximum absolute atomic E-state index is 9.91. The Morgan fingerprint density at radius 1 is 1.44 bits per heavy atom. The third-order valence-corrected chi connectivity index (χ3v) is 3.11. The predicted octanol–water partition coefficient (Wildman–Crippen LogP) is 2.49. The van der Waals surface area contributed by atoms with Gasteiger partial charge >= 0.3 is 0 Å². The summed E-state index contributed by atoms with van der Waals surface area (Å²) in [6.45, 7) is 3.69. The molecule has 1 N–H and O–H groups in total. The van der Waals surface area contributed by atoms with Gasteiger partial charge in [-0.3, -0.25) is 0 Å². The van der Waals surface area contributed by atoms with Crippen molar-refractivity contribution in [3.05, 3.63) is 23.8 Å². The summed E-state index contributed by atoms with van der Waals surface area (Å²) in [6, 6.07) is 7.88. The molecule has 4 heteroatoms. The van der Waals surface area contributed by atoms with Crippen LogP contribution in [0.25, 0.3) is 0 Å². The number of ether oxygens (including phenoxy) is 1. The molecule has 0 fully saturated rings. The average Bonchev–Trinajstić information content (AvgIpc) is 2.36. The molecule has 98 valence electrons. The van der Waals surface area contributed by atoms with Crippen LogP contribution in [-0.2, 0) is 0 Å². The molecule has 0 aliphatic heterocycles. The molecule has 0 aliphatic carbocycles. The molecule has 1 aromatic carbocycles. The number of nitriles is 1. The van der Waals surface area contributed by atoms with Crippen LogP contribution in [0.2, 0.25) is 0 Å². The highest BCUT2D eigenvalue weighted by atomic mass is 16.5. The third-order valence-electron chi connectivity index (χ3n) is 3.11. The first-order chi connectivity index (χ1) is 8.52. The molecule has 0 aliphatic rings. The van der Waals surface area contributed by atoms with E-state index in [1.165, 1.54) is 0 Å². The summed E-state index contributed by atoms with van der Waals surface area (Å²) in [6.07, 6.45) is -0.180. The maximum Gasteiger partial charge on any atom is 0.126 e. The Bertz CT molecular complexity index is 438. The van der Waals surface area contributed by atoms with E-state index in [1.807, 2.05) is 37.1 Å². The Morgan fingerprint density at radius 2 is 2.11 bits per heavy atom. The minimum Gasteiger partial charge on any atom is -0.496 e. The molecular weight excluding hydrogens is 228 g/mol. The minimum atomic E-state index is -0.618. The van der Waals surface area contributed by atoms with Crippen LogP contribution in [-0.4, -0.2) is 25.3 Å². The number of anilines is 1. The molecule has 0 saturated carbocycles. The van der Waals surface area contributed by atoms with Crippen LogP contribution in [0.1, 0.15) is 31.9 Å². The molecule has 2 atom stereocenters. The van der Waals surface area contributed by atoms with Gasteiger partial charge in [0, 0.05) is 24.3 Å². The number of aliphatic hydroxyl groups is 1. The Kier molecular flexibility index (Phi) is 4.99. The van der Waals surface area contributed by atoms with E-state index in [-0.39, 0.29) is 6.04 Å². The van der Waals surface area contributed by atoms with E-state index in [9.17, 15) is 5.11 Å². The fourth-order valence-corrected chi connectivity index (χ4v) is 1.94. The van der Waals surface area contributed by atoms with Crippen LogP contribution < -0.4 is 9.64 Å². The van der Waals surface area contributed by atoms with E-state index in [1.54, 1.807) is 14.0 Å². The fraction of sp³-hybridized carbons (Fsp3) is 0.500. The van der Waals surface area contributed by atoms with Crippen molar-refractivity contribution in [1.29, 1.82) is 5.26 Å². The van der Waals surface area contributed by atoms with Crippen molar-refractivity contribution in [2.45, 2.75) is 32.4 Å². The number of benzene rings is 1. The van der Waals surface area contributed by atoms with Crippen molar-refractivity contribution in [1.82, 2.24) is 0 Å². The van der Waals surface area contributed by atoms with Gasteiger partial charge in [-0.05, 0) is 26.0 Å². The Balaban J connectivity index is 3.19. The smallest absolute Gasteiger partial charge is 0.126 e. The van der Waals surface area contributed by atoms with Gasteiger partial charge in [-0.1, -0.05) is 6.07 Å². The molecule has 0 bridgehead atoms. The van der Waals surface area contributed by atoms with Crippen molar-refractivity contribution in [3.63, 3.8) is 0 Å². The van der Waals surface area contributed by atoms with E-state index in [0.717, 1.165) is 11.3 Å². The second kappa shape index (κ2) is 6.27. The number of methoxy groups -OCH3 is 1. The topological polar surface area (TPSA) is 56.5 Å². The van der Waals surface area contributed by atoms with Crippen LogP contribution in [0, 0.1) is 11.3 Å². The Hall–Kier alpha value is -1.73. The highest BCUT2D eigenvalue weighted by Crippen LogP contribution is 2.34. The molecule has 1 aromatic rings. The molecule has 18 heavy (non-hydrogen) atoms. The van der Waals surface area contributed by atoms with Gasteiger partial charge < -0.3 is 14.7 Å². The largest absolute Gasteiger partial charge is 0.496 e. The van der Waals surface area contributed by atoms with E-state index in [2.05, 4.69) is 6.07 Å². The Labute approximate surface area is 108 Å². The van der Waals surface area contributed by atoms with Crippen molar-refractivity contribution < 1.29 is 9.84 Å². The van der Waals surface area contributed by atoms with E-state index in [0.29, 0.717) is 12.2 Å². The summed E-state index contributed by atoms with van der Waals surface area (Å²) in [5, 5.41) is 18.7. The molecular formula is C14H20N2O2. The van der Waals surface area contributed by atoms with Crippen LogP contribution in [0.5, 0.6) is 5.75 Å². The van der Waals surface area contributed by atoms with E-state index >= 15 is 0 Å². The molecule has 4 nitrogen and oxygen atoms in total. The number of nitrogens with zero attached hydrogens (tertiary/aromatic N) is 2. The first-order valence-corrected chi connectivity index (χ1v) is 5.97. The second-order valence-corrected chi connectivity index (χ2v) is 4.39. The first-order valence-electron chi connectivity index (χ1n) is 5.97. The van der Waals surface area contributed by atoms with Crippen LogP contribution >= 0.6 is 0 Å².